The van der Waals surface area contributed by atoms with Crippen LogP contribution in [-0.2, 0) is 6.42 Å². The fourth-order valence-electron chi connectivity index (χ4n) is 3.23. The highest BCUT2D eigenvalue weighted by atomic mass is 16.3. The van der Waals surface area contributed by atoms with Crippen molar-refractivity contribution in [2.75, 3.05) is 0 Å². The van der Waals surface area contributed by atoms with Gasteiger partial charge < -0.3 is 5.11 Å². The van der Waals surface area contributed by atoms with E-state index in [2.05, 4.69) is 31.2 Å². The van der Waals surface area contributed by atoms with Crippen molar-refractivity contribution >= 4 is 0 Å². The maximum Gasteiger partial charge on any atom is 0.0540 e. The molecule has 2 atom stereocenters. The van der Waals surface area contributed by atoms with Gasteiger partial charge in [0.25, 0.3) is 0 Å². The van der Waals surface area contributed by atoms with Crippen LogP contribution < -0.4 is 0 Å². The number of hydrogen-bond acceptors (Lipinski definition) is 1. The van der Waals surface area contributed by atoms with Crippen molar-refractivity contribution in [1.29, 1.82) is 0 Å². The van der Waals surface area contributed by atoms with Crippen LogP contribution in [0.5, 0.6) is 0 Å². The normalized spacial score (nSPS) is 20.4. The first-order valence-corrected chi connectivity index (χ1v) is 7.57. The Balaban J connectivity index is 1.84. The molecule has 18 heavy (non-hydrogen) atoms. The lowest BCUT2D eigenvalue weighted by molar-refractivity contribution is 0.149. The molecular formula is C17H26O. The second-order valence-electron chi connectivity index (χ2n) is 5.66. The van der Waals surface area contributed by atoms with Gasteiger partial charge in [-0.15, -0.1) is 0 Å². The molecule has 0 radical (unpaired) electrons. The van der Waals surface area contributed by atoms with Gasteiger partial charge in [-0.1, -0.05) is 44.0 Å². The van der Waals surface area contributed by atoms with Crippen LogP contribution in [0.15, 0.2) is 24.3 Å². The van der Waals surface area contributed by atoms with E-state index in [1.54, 1.807) is 11.1 Å². The number of rotatable bonds is 6. The Bertz CT molecular complexity index is 358. The topological polar surface area (TPSA) is 20.2 Å². The lowest BCUT2D eigenvalue weighted by atomic mass is 9.80. The van der Waals surface area contributed by atoms with E-state index in [0.717, 1.165) is 25.2 Å². The first kappa shape index (κ1) is 13.6. The van der Waals surface area contributed by atoms with Gasteiger partial charge >= 0.3 is 0 Å². The molecule has 0 saturated heterocycles. The van der Waals surface area contributed by atoms with Gasteiger partial charge in [-0.05, 0) is 55.6 Å². The van der Waals surface area contributed by atoms with Gasteiger partial charge in [0.05, 0.1) is 6.10 Å². The summed E-state index contributed by atoms with van der Waals surface area (Å²) in [7, 11) is 0. The Morgan fingerprint density at radius 1 is 1.28 bits per heavy atom. The molecule has 0 heterocycles. The molecule has 1 aromatic rings. The first-order valence-electron chi connectivity index (χ1n) is 7.57. The van der Waals surface area contributed by atoms with E-state index in [1.807, 2.05) is 0 Å². The van der Waals surface area contributed by atoms with E-state index < -0.39 is 0 Å². The van der Waals surface area contributed by atoms with Gasteiger partial charge in [0.15, 0.2) is 0 Å². The largest absolute Gasteiger partial charge is 0.393 e. The molecule has 0 aromatic heterocycles. The van der Waals surface area contributed by atoms with Crippen LogP contribution >= 0.6 is 0 Å². The van der Waals surface area contributed by atoms with Gasteiger partial charge in [0.2, 0.25) is 0 Å². The molecule has 1 heteroatoms. The molecule has 1 N–H and O–H groups in total. The van der Waals surface area contributed by atoms with Crippen LogP contribution in [-0.4, -0.2) is 11.2 Å². The number of hydrogen-bond donors (Lipinski definition) is 1. The summed E-state index contributed by atoms with van der Waals surface area (Å²) in [6.07, 6.45) is 9.29. The van der Waals surface area contributed by atoms with Crippen LogP contribution in [0.3, 0.4) is 0 Å². The minimum Gasteiger partial charge on any atom is -0.393 e. The molecule has 0 fully saturated rings. The van der Waals surface area contributed by atoms with Gasteiger partial charge in [-0.25, -0.2) is 0 Å². The van der Waals surface area contributed by atoms with Crippen molar-refractivity contribution in [1.82, 2.24) is 0 Å². The zero-order valence-electron chi connectivity index (χ0n) is 11.6. The smallest absolute Gasteiger partial charge is 0.0540 e. The summed E-state index contributed by atoms with van der Waals surface area (Å²) in [5, 5.41) is 9.77. The zero-order valence-corrected chi connectivity index (χ0v) is 11.6. The molecule has 1 aliphatic rings. The molecule has 1 nitrogen and oxygen atoms in total. The summed E-state index contributed by atoms with van der Waals surface area (Å²) in [4.78, 5) is 0. The number of aliphatic hydroxyl groups excluding tert-OH is 1. The standard InChI is InChI=1S/C17H26O/c1-2-7-16(18)12-6-11-15-10-5-9-14-8-3-4-13-17(14)15/h3-4,8,13,15-16,18H,2,5-7,9-12H2,1H3. The van der Waals surface area contributed by atoms with E-state index in [4.69, 9.17) is 0 Å². The van der Waals surface area contributed by atoms with Crippen molar-refractivity contribution in [2.45, 2.75) is 70.3 Å². The molecule has 0 saturated carbocycles. The van der Waals surface area contributed by atoms with Gasteiger partial charge in [-0.2, -0.15) is 0 Å². The highest BCUT2D eigenvalue weighted by molar-refractivity contribution is 5.32. The van der Waals surface area contributed by atoms with E-state index >= 15 is 0 Å². The highest BCUT2D eigenvalue weighted by Crippen LogP contribution is 2.35. The third-order valence-electron chi connectivity index (χ3n) is 4.21. The molecule has 1 aromatic carbocycles. The van der Waals surface area contributed by atoms with Crippen LogP contribution in [0.2, 0.25) is 0 Å². The summed E-state index contributed by atoms with van der Waals surface area (Å²) < 4.78 is 0. The zero-order chi connectivity index (χ0) is 12.8. The minimum absolute atomic E-state index is 0.0752. The maximum absolute atomic E-state index is 9.77. The van der Waals surface area contributed by atoms with Crippen LogP contribution in [0.4, 0.5) is 0 Å². The number of aliphatic hydroxyl groups is 1. The minimum atomic E-state index is -0.0752. The average molecular weight is 246 g/mol. The fourth-order valence-corrected chi connectivity index (χ4v) is 3.23. The van der Waals surface area contributed by atoms with Crippen molar-refractivity contribution in [3.05, 3.63) is 35.4 Å². The maximum atomic E-state index is 9.77. The summed E-state index contributed by atoms with van der Waals surface area (Å²) in [5.74, 6) is 0.740. The Kier molecular flexibility index (Phi) is 5.25. The van der Waals surface area contributed by atoms with E-state index in [-0.39, 0.29) is 6.10 Å². The summed E-state index contributed by atoms with van der Waals surface area (Å²) in [6, 6.07) is 8.92. The van der Waals surface area contributed by atoms with Crippen molar-refractivity contribution in [2.24, 2.45) is 0 Å². The molecule has 1 aliphatic carbocycles. The first-order chi connectivity index (χ1) is 8.81. The molecular weight excluding hydrogens is 220 g/mol. The highest BCUT2D eigenvalue weighted by Gasteiger charge is 2.19. The van der Waals surface area contributed by atoms with Crippen LogP contribution in [0, 0.1) is 0 Å². The molecule has 2 rings (SSSR count). The Hall–Kier alpha value is -0.820. The van der Waals surface area contributed by atoms with Gasteiger partial charge in [-0.3, -0.25) is 0 Å². The van der Waals surface area contributed by atoms with Crippen LogP contribution in [0.1, 0.15) is 68.9 Å². The molecule has 0 aliphatic heterocycles. The summed E-state index contributed by atoms with van der Waals surface area (Å²) in [5.41, 5.74) is 3.14. The third kappa shape index (κ3) is 3.58. The van der Waals surface area contributed by atoms with Gasteiger partial charge in [0.1, 0.15) is 0 Å². The molecule has 0 spiro atoms. The van der Waals surface area contributed by atoms with E-state index in [9.17, 15) is 5.11 Å². The lowest BCUT2D eigenvalue weighted by Gasteiger charge is -2.25. The summed E-state index contributed by atoms with van der Waals surface area (Å²) >= 11 is 0. The Morgan fingerprint density at radius 3 is 2.94 bits per heavy atom. The lowest BCUT2D eigenvalue weighted by Crippen LogP contribution is -2.11. The van der Waals surface area contributed by atoms with E-state index in [1.165, 1.54) is 32.1 Å². The molecule has 2 unspecified atom stereocenters. The van der Waals surface area contributed by atoms with Crippen molar-refractivity contribution in [3.63, 3.8) is 0 Å². The second kappa shape index (κ2) is 6.94. The van der Waals surface area contributed by atoms with Crippen molar-refractivity contribution in [3.8, 4) is 0 Å². The molecule has 0 amide bonds. The van der Waals surface area contributed by atoms with Crippen LogP contribution in [0.25, 0.3) is 0 Å². The fraction of sp³-hybridized carbons (Fsp3) is 0.647. The number of benzene rings is 1. The molecule has 100 valence electrons. The SMILES string of the molecule is CCCC(O)CCCC1CCCc2ccccc21. The Labute approximate surface area is 111 Å². The third-order valence-corrected chi connectivity index (χ3v) is 4.21. The van der Waals surface area contributed by atoms with Gasteiger partial charge in [0, 0.05) is 0 Å². The predicted molar refractivity (Wildman–Crippen MR) is 76.9 cm³/mol. The number of fused-ring (bicyclic) bond motifs is 1. The average Bonchev–Trinajstić information content (AvgIpc) is 2.39. The number of aryl methyl sites for hydroxylation is 1. The summed E-state index contributed by atoms with van der Waals surface area (Å²) in [6.45, 7) is 2.14. The predicted octanol–water partition coefficient (Wildman–Crippen LogP) is 4.44. The van der Waals surface area contributed by atoms with E-state index in [0.29, 0.717) is 0 Å². The van der Waals surface area contributed by atoms with Crippen molar-refractivity contribution < 1.29 is 5.11 Å². The molecule has 0 bridgehead atoms. The monoisotopic (exact) mass is 246 g/mol. The quantitative estimate of drug-likeness (QED) is 0.787. The Morgan fingerprint density at radius 2 is 2.11 bits per heavy atom. The second-order valence-corrected chi connectivity index (χ2v) is 5.66.